The van der Waals surface area contributed by atoms with E-state index in [9.17, 15) is 10.1 Å². The normalized spacial score (nSPS) is 20.3. The lowest BCUT2D eigenvalue weighted by Crippen LogP contribution is -2.33. The minimum absolute atomic E-state index is 0.0786. The number of fused-ring (bicyclic) bond motifs is 1. The summed E-state index contributed by atoms with van der Waals surface area (Å²) in [7, 11) is 0. The molecule has 1 fully saturated rings. The molecule has 1 saturated carbocycles. The van der Waals surface area contributed by atoms with Crippen molar-refractivity contribution < 1.29 is 4.74 Å². The SMILES string of the molecule is CCCc1nc(C)c(-c2ccc3c(c2)CCC(C)(C)O3)c(=O)n1CC1CCC(c2ccccc2C#N)CC1. The van der Waals surface area contributed by atoms with Crippen molar-refractivity contribution in [1.29, 1.82) is 5.26 Å². The average molecular weight is 510 g/mol. The second kappa shape index (κ2) is 10.8. The van der Waals surface area contributed by atoms with Crippen LogP contribution in [0.15, 0.2) is 47.3 Å². The number of benzene rings is 2. The van der Waals surface area contributed by atoms with Gasteiger partial charge in [0.1, 0.15) is 17.2 Å². The van der Waals surface area contributed by atoms with Gasteiger partial charge in [-0.15, -0.1) is 0 Å². The Morgan fingerprint density at radius 3 is 2.63 bits per heavy atom. The van der Waals surface area contributed by atoms with E-state index in [1.165, 1.54) is 11.1 Å². The van der Waals surface area contributed by atoms with Crippen LogP contribution >= 0.6 is 0 Å². The van der Waals surface area contributed by atoms with Gasteiger partial charge in [0.15, 0.2) is 0 Å². The van der Waals surface area contributed by atoms with E-state index < -0.39 is 0 Å². The van der Waals surface area contributed by atoms with Gasteiger partial charge in [0, 0.05) is 13.0 Å². The first-order valence-electron chi connectivity index (χ1n) is 14.2. The maximum absolute atomic E-state index is 14.1. The third-order valence-electron chi connectivity index (χ3n) is 8.44. The van der Waals surface area contributed by atoms with Crippen molar-refractivity contribution in [2.45, 2.75) is 97.1 Å². The smallest absolute Gasteiger partial charge is 0.261 e. The van der Waals surface area contributed by atoms with Gasteiger partial charge in [-0.3, -0.25) is 9.36 Å². The highest BCUT2D eigenvalue weighted by atomic mass is 16.5. The largest absolute Gasteiger partial charge is 0.488 e. The van der Waals surface area contributed by atoms with Gasteiger partial charge in [0.2, 0.25) is 0 Å². The fraction of sp³-hybridized carbons (Fsp3) is 0.485. The molecule has 5 heteroatoms. The highest BCUT2D eigenvalue weighted by molar-refractivity contribution is 5.67. The molecule has 1 aliphatic carbocycles. The monoisotopic (exact) mass is 509 g/mol. The number of nitriles is 1. The molecule has 0 unspecified atom stereocenters. The first-order valence-corrected chi connectivity index (χ1v) is 14.2. The Labute approximate surface area is 226 Å². The summed E-state index contributed by atoms with van der Waals surface area (Å²) in [5.74, 6) is 2.68. The topological polar surface area (TPSA) is 67.9 Å². The fourth-order valence-corrected chi connectivity index (χ4v) is 6.34. The van der Waals surface area contributed by atoms with Gasteiger partial charge < -0.3 is 4.74 Å². The first kappa shape index (κ1) is 26.2. The third-order valence-corrected chi connectivity index (χ3v) is 8.44. The lowest BCUT2D eigenvalue weighted by Gasteiger charge is -2.32. The second-order valence-corrected chi connectivity index (χ2v) is 11.8. The van der Waals surface area contributed by atoms with Crippen LogP contribution in [0.25, 0.3) is 11.1 Å². The van der Waals surface area contributed by atoms with Gasteiger partial charge in [-0.05, 0) is 112 Å². The summed E-state index contributed by atoms with van der Waals surface area (Å²) < 4.78 is 8.16. The van der Waals surface area contributed by atoms with Gasteiger partial charge in [-0.1, -0.05) is 31.2 Å². The van der Waals surface area contributed by atoms with E-state index >= 15 is 0 Å². The molecule has 2 aliphatic rings. The summed E-state index contributed by atoms with van der Waals surface area (Å²) in [6.45, 7) is 9.07. The number of ether oxygens (including phenoxy) is 1. The zero-order valence-corrected chi connectivity index (χ0v) is 23.2. The van der Waals surface area contributed by atoms with Crippen LogP contribution in [0.2, 0.25) is 0 Å². The fourth-order valence-electron chi connectivity index (χ4n) is 6.34. The number of hydrogen-bond acceptors (Lipinski definition) is 4. The molecule has 0 bridgehead atoms. The van der Waals surface area contributed by atoms with Gasteiger partial charge in [-0.2, -0.15) is 5.26 Å². The third kappa shape index (κ3) is 5.27. The van der Waals surface area contributed by atoms with Crippen LogP contribution in [0.5, 0.6) is 5.75 Å². The standard InChI is InChI=1S/C33H39N3O2/c1-5-8-30-35-22(2)31(26-15-16-29-25(19-26)17-18-33(3,4)38-29)32(37)36(30)21-23-11-13-24(14-12-23)28-10-7-6-9-27(28)20-34/h6-7,9-10,15-16,19,23-24H,5,8,11-14,17-18,21H2,1-4H3. The first-order chi connectivity index (χ1) is 18.3. The molecule has 38 heavy (non-hydrogen) atoms. The van der Waals surface area contributed by atoms with Crippen molar-refractivity contribution in [2.24, 2.45) is 5.92 Å². The molecule has 5 rings (SSSR count). The molecular formula is C33H39N3O2. The van der Waals surface area contributed by atoms with E-state index in [0.29, 0.717) is 23.9 Å². The van der Waals surface area contributed by atoms with E-state index in [0.717, 1.165) is 79.8 Å². The maximum Gasteiger partial charge on any atom is 0.261 e. The molecule has 0 atom stereocenters. The van der Waals surface area contributed by atoms with Gasteiger partial charge in [0.25, 0.3) is 5.56 Å². The molecule has 0 amide bonds. The number of aryl methyl sites for hydroxylation is 3. The molecule has 0 spiro atoms. The molecule has 2 heterocycles. The Bertz CT molecular complexity index is 1420. The Hall–Kier alpha value is -3.39. The van der Waals surface area contributed by atoms with Crippen LogP contribution < -0.4 is 10.3 Å². The zero-order valence-electron chi connectivity index (χ0n) is 23.2. The molecule has 0 radical (unpaired) electrons. The Kier molecular flexibility index (Phi) is 7.43. The molecular weight excluding hydrogens is 470 g/mol. The van der Waals surface area contributed by atoms with Crippen LogP contribution in [-0.2, 0) is 19.4 Å². The van der Waals surface area contributed by atoms with Crippen molar-refractivity contribution in [1.82, 2.24) is 9.55 Å². The zero-order chi connectivity index (χ0) is 26.9. The highest BCUT2D eigenvalue weighted by Gasteiger charge is 2.28. The van der Waals surface area contributed by atoms with Crippen LogP contribution in [0.4, 0.5) is 0 Å². The lowest BCUT2D eigenvalue weighted by atomic mass is 9.77. The van der Waals surface area contributed by atoms with Crippen LogP contribution in [0.3, 0.4) is 0 Å². The summed E-state index contributed by atoms with van der Waals surface area (Å²) in [5, 5.41) is 9.54. The number of nitrogens with zero attached hydrogens (tertiary/aromatic N) is 3. The Morgan fingerprint density at radius 1 is 1.13 bits per heavy atom. The van der Waals surface area contributed by atoms with Crippen molar-refractivity contribution in [3.05, 3.63) is 81.0 Å². The van der Waals surface area contributed by atoms with Gasteiger partial charge >= 0.3 is 0 Å². The Balaban J connectivity index is 1.41. The van der Waals surface area contributed by atoms with Crippen molar-refractivity contribution in [3.63, 3.8) is 0 Å². The van der Waals surface area contributed by atoms with E-state index in [4.69, 9.17) is 9.72 Å². The summed E-state index contributed by atoms with van der Waals surface area (Å²) in [6.07, 6.45) is 7.87. The van der Waals surface area contributed by atoms with Gasteiger partial charge in [-0.25, -0.2) is 4.98 Å². The molecule has 3 aromatic rings. The molecule has 1 aliphatic heterocycles. The van der Waals surface area contributed by atoms with Crippen LogP contribution in [-0.4, -0.2) is 15.2 Å². The quantitative estimate of drug-likeness (QED) is 0.355. The number of hydrogen-bond donors (Lipinski definition) is 0. The van der Waals surface area contributed by atoms with Crippen molar-refractivity contribution in [3.8, 4) is 22.9 Å². The molecule has 0 saturated heterocycles. The average Bonchev–Trinajstić information content (AvgIpc) is 2.91. The van der Waals surface area contributed by atoms with Crippen LogP contribution in [0.1, 0.15) is 93.4 Å². The minimum atomic E-state index is -0.157. The predicted octanol–water partition coefficient (Wildman–Crippen LogP) is 7.12. The molecule has 5 nitrogen and oxygen atoms in total. The Morgan fingerprint density at radius 2 is 1.89 bits per heavy atom. The number of rotatable bonds is 6. The molecule has 2 aromatic carbocycles. The van der Waals surface area contributed by atoms with E-state index in [-0.39, 0.29) is 11.2 Å². The maximum atomic E-state index is 14.1. The summed E-state index contributed by atoms with van der Waals surface area (Å²) >= 11 is 0. The minimum Gasteiger partial charge on any atom is -0.488 e. The van der Waals surface area contributed by atoms with E-state index in [1.54, 1.807) is 0 Å². The van der Waals surface area contributed by atoms with Gasteiger partial charge in [0.05, 0.1) is 22.9 Å². The van der Waals surface area contributed by atoms with Crippen LogP contribution in [0, 0.1) is 24.2 Å². The molecule has 198 valence electrons. The highest BCUT2D eigenvalue weighted by Crippen LogP contribution is 2.38. The predicted molar refractivity (Wildman–Crippen MR) is 152 cm³/mol. The molecule has 0 N–H and O–H groups in total. The van der Waals surface area contributed by atoms with Crippen molar-refractivity contribution in [2.75, 3.05) is 0 Å². The summed E-state index contributed by atoms with van der Waals surface area (Å²) in [5.41, 5.74) is 5.53. The van der Waals surface area contributed by atoms with Crippen molar-refractivity contribution >= 4 is 0 Å². The molecule has 1 aromatic heterocycles. The number of aromatic nitrogens is 2. The van der Waals surface area contributed by atoms with E-state index in [2.05, 4.69) is 39.0 Å². The lowest BCUT2D eigenvalue weighted by molar-refractivity contribution is 0.0847. The second-order valence-electron chi connectivity index (χ2n) is 11.8. The summed E-state index contributed by atoms with van der Waals surface area (Å²) in [4.78, 5) is 19.0. The van der Waals surface area contributed by atoms with E-state index in [1.807, 2.05) is 41.8 Å². The summed E-state index contributed by atoms with van der Waals surface area (Å²) in [6, 6.07) is 16.5.